The van der Waals surface area contributed by atoms with Gasteiger partial charge in [-0.25, -0.2) is 9.37 Å². The van der Waals surface area contributed by atoms with E-state index < -0.39 is 0 Å². The molecule has 1 N–H and O–H groups in total. The zero-order valence-corrected chi connectivity index (χ0v) is 11.6. The maximum atomic E-state index is 13.4. The van der Waals surface area contributed by atoms with Crippen LogP contribution in [0.25, 0.3) is 21.9 Å². The number of hydrogen-bond donors (Lipinski definition) is 1. The number of H-pyrrole nitrogens is 1. The van der Waals surface area contributed by atoms with Gasteiger partial charge in [0.25, 0.3) is 5.56 Å². The average molecular weight is 293 g/mol. The van der Waals surface area contributed by atoms with Crippen molar-refractivity contribution in [3.05, 3.63) is 76.6 Å². The number of aromatic amines is 1. The molecule has 0 atom stereocenters. The highest BCUT2D eigenvalue weighted by molar-refractivity contribution is 6.04. The molecule has 4 rings (SSSR count). The van der Waals surface area contributed by atoms with Gasteiger partial charge in [0, 0.05) is 10.9 Å². The van der Waals surface area contributed by atoms with Gasteiger partial charge >= 0.3 is 0 Å². The van der Waals surface area contributed by atoms with Gasteiger partial charge in [-0.15, -0.1) is 0 Å². The molecular formula is C17H12FN3O. The maximum absolute atomic E-state index is 13.4. The average Bonchev–Trinajstić information content (AvgIpc) is 2.90. The van der Waals surface area contributed by atoms with E-state index in [1.54, 1.807) is 10.6 Å². The minimum atomic E-state index is -0.344. The van der Waals surface area contributed by atoms with Crippen LogP contribution in [0.1, 0.15) is 5.56 Å². The first-order valence-corrected chi connectivity index (χ1v) is 6.93. The number of halogens is 1. The van der Waals surface area contributed by atoms with E-state index in [0.717, 1.165) is 5.56 Å². The Morgan fingerprint density at radius 1 is 1.14 bits per heavy atom. The molecule has 2 aromatic carbocycles. The van der Waals surface area contributed by atoms with Crippen molar-refractivity contribution in [1.29, 1.82) is 0 Å². The molecule has 2 heterocycles. The van der Waals surface area contributed by atoms with Gasteiger partial charge in [-0.05, 0) is 23.8 Å². The predicted molar refractivity (Wildman–Crippen MR) is 83.4 cm³/mol. The Morgan fingerprint density at radius 2 is 1.95 bits per heavy atom. The fourth-order valence-corrected chi connectivity index (χ4v) is 2.65. The van der Waals surface area contributed by atoms with Crippen LogP contribution >= 0.6 is 0 Å². The lowest BCUT2D eigenvalue weighted by molar-refractivity contribution is 0.630. The molecule has 2 aromatic heterocycles. The van der Waals surface area contributed by atoms with Crippen LogP contribution in [0.2, 0.25) is 0 Å². The quantitative estimate of drug-likeness (QED) is 0.617. The fourth-order valence-electron chi connectivity index (χ4n) is 2.65. The highest BCUT2D eigenvalue weighted by Gasteiger charge is 2.11. The lowest BCUT2D eigenvalue weighted by Gasteiger charge is -2.04. The number of fused-ring (bicyclic) bond motifs is 3. The van der Waals surface area contributed by atoms with E-state index in [2.05, 4.69) is 9.97 Å². The molecule has 0 fully saturated rings. The molecule has 22 heavy (non-hydrogen) atoms. The number of nitrogens with zero attached hydrogens (tertiary/aromatic N) is 2. The van der Waals surface area contributed by atoms with Crippen molar-refractivity contribution in [2.45, 2.75) is 6.54 Å². The van der Waals surface area contributed by atoms with Crippen molar-refractivity contribution in [3.63, 3.8) is 0 Å². The van der Waals surface area contributed by atoms with Gasteiger partial charge in [0.05, 0.1) is 12.9 Å². The van der Waals surface area contributed by atoms with E-state index in [9.17, 15) is 9.18 Å². The lowest BCUT2D eigenvalue weighted by atomic mass is 10.2. The number of hydrogen-bond acceptors (Lipinski definition) is 2. The molecule has 5 heteroatoms. The highest BCUT2D eigenvalue weighted by atomic mass is 19.1. The van der Waals surface area contributed by atoms with Crippen LogP contribution in [-0.4, -0.2) is 14.5 Å². The number of rotatable bonds is 2. The lowest BCUT2D eigenvalue weighted by Crippen LogP contribution is -2.21. The molecule has 0 saturated carbocycles. The molecule has 0 aliphatic carbocycles. The van der Waals surface area contributed by atoms with E-state index in [1.165, 1.54) is 18.5 Å². The van der Waals surface area contributed by atoms with Crippen LogP contribution in [0.5, 0.6) is 0 Å². The fraction of sp³-hybridized carbons (Fsp3) is 0.0588. The molecule has 0 saturated heterocycles. The van der Waals surface area contributed by atoms with Crippen LogP contribution < -0.4 is 5.56 Å². The summed E-state index contributed by atoms with van der Waals surface area (Å²) in [5.74, 6) is -0.344. The van der Waals surface area contributed by atoms with Gasteiger partial charge in [-0.3, -0.25) is 9.36 Å². The topological polar surface area (TPSA) is 50.7 Å². The van der Waals surface area contributed by atoms with E-state index in [1.807, 2.05) is 30.3 Å². The van der Waals surface area contributed by atoms with Crippen LogP contribution in [-0.2, 0) is 6.54 Å². The van der Waals surface area contributed by atoms with Crippen LogP contribution in [0.15, 0.2) is 59.7 Å². The zero-order valence-electron chi connectivity index (χ0n) is 11.6. The molecule has 0 radical (unpaired) electrons. The van der Waals surface area contributed by atoms with Crippen molar-refractivity contribution >= 4 is 21.9 Å². The molecule has 108 valence electrons. The first-order chi connectivity index (χ1) is 10.7. The number of nitrogens with one attached hydrogen (secondary N) is 1. The Hall–Kier alpha value is -2.95. The Bertz CT molecular complexity index is 1030. The summed E-state index contributed by atoms with van der Waals surface area (Å²) in [6.07, 6.45) is 1.51. The second-order valence-electron chi connectivity index (χ2n) is 5.20. The second kappa shape index (κ2) is 4.80. The minimum Gasteiger partial charge on any atom is -0.349 e. The third-order valence-electron chi connectivity index (χ3n) is 3.73. The van der Waals surface area contributed by atoms with Crippen LogP contribution in [0, 0.1) is 5.82 Å². The van der Waals surface area contributed by atoms with E-state index >= 15 is 0 Å². The van der Waals surface area contributed by atoms with Crippen molar-refractivity contribution in [1.82, 2.24) is 14.5 Å². The van der Waals surface area contributed by atoms with Crippen molar-refractivity contribution < 1.29 is 4.39 Å². The van der Waals surface area contributed by atoms with E-state index in [4.69, 9.17) is 0 Å². The Morgan fingerprint density at radius 3 is 2.77 bits per heavy atom. The summed E-state index contributed by atoms with van der Waals surface area (Å²) in [4.78, 5) is 20.0. The third-order valence-corrected chi connectivity index (χ3v) is 3.73. The molecular weight excluding hydrogens is 281 g/mol. The van der Waals surface area contributed by atoms with Crippen LogP contribution in [0.3, 0.4) is 0 Å². The van der Waals surface area contributed by atoms with Gasteiger partial charge in [0.1, 0.15) is 16.9 Å². The summed E-state index contributed by atoms with van der Waals surface area (Å²) in [5.41, 5.74) is 2.47. The first kappa shape index (κ1) is 12.8. The Labute approximate surface area is 124 Å². The molecule has 4 nitrogen and oxygen atoms in total. The predicted octanol–water partition coefficient (Wildman–Crippen LogP) is 3.07. The van der Waals surface area contributed by atoms with Gasteiger partial charge in [-0.1, -0.05) is 30.3 Å². The van der Waals surface area contributed by atoms with Crippen LogP contribution in [0.4, 0.5) is 4.39 Å². The Balaban J connectivity index is 1.90. The second-order valence-corrected chi connectivity index (χ2v) is 5.20. The molecule has 4 aromatic rings. The van der Waals surface area contributed by atoms with Crippen molar-refractivity contribution in [2.75, 3.05) is 0 Å². The molecule has 0 spiro atoms. The molecule has 0 bridgehead atoms. The summed E-state index contributed by atoms with van der Waals surface area (Å²) in [6.45, 7) is 0.451. The molecule has 0 amide bonds. The normalized spacial score (nSPS) is 11.3. The number of aromatic nitrogens is 3. The maximum Gasteiger partial charge on any atom is 0.277 e. The SMILES string of the molecule is O=c1c2[nH]c3ccc(F)cc3c2ncn1Cc1ccccc1. The van der Waals surface area contributed by atoms with Gasteiger partial charge in [0.2, 0.25) is 0 Å². The van der Waals surface area contributed by atoms with Gasteiger partial charge in [-0.2, -0.15) is 0 Å². The molecule has 0 aliphatic heterocycles. The van der Waals surface area contributed by atoms with Gasteiger partial charge in [0.15, 0.2) is 0 Å². The zero-order chi connectivity index (χ0) is 15.1. The summed E-state index contributed by atoms with van der Waals surface area (Å²) >= 11 is 0. The highest BCUT2D eigenvalue weighted by Crippen LogP contribution is 2.22. The first-order valence-electron chi connectivity index (χ1n) is 6.93. The Kier molecular flexibility index (Phi) is 2.79. The number of benzene rings is 2. The molecule has 0 unspecified atom stereocenters. The summed E-state index contributed by atoms with van der Waals surface area (Å²) in [6, 6.07) is 14.1. The van der Waals surface area contributed by atoms with Gasteiger partial charge < -0.3 is 4.98 Å². The molecule has 0 aliphatic rings. The van der Waals surface area contributed by atoms with Crippen molar-refractivity contribution in [2.24, 2.45) is 0 Å². The van der Waals surface area contributed by atoms with E-state index in [0.29, 0.717) is 28.5 Å². The third kappa shape index (κ3) is 1.98. The smallest absolute Gasteiger partial charge is 0.277 e. The summed E-state index contributed by atoms with van der Waals surface area (Å²) < 4.78 is 14.9. The largest absolute Gasteiger partial charge is 0.349 e. The minimum absolute atomic E-state index is 0.162. The van der Waals surface area contributed by atoms with E-state index in [-0.39, 0.29) is 11.4 Å². The summed E-state index contributed by atoms with van der Waals surface area (Å²) in [7, 11) is 0. The van der Waals surface area contributed by atoms with Crippen molar-refractivity contribution in [3.8, 4) is 0 Å². The summed E-state index contributed by atoms with van der Waals surface area (Å²) in [5, 5.41) is 0.624. The standard InChI is InChI=1S/C17H12FN3O/c18-12-6-7-14-13(8-12)15-16(20-14)17(22)21(10-19-15)9-11-4-2-1-3-5-11/h1-8,10,20H,9H2. The monoisotopic (exact) mass is 293 g/mol.